The summed E-state index contributed by atoms with van der Waals surface area (Å²) in [6.07, 6.45) is 3.59. The number of fused-ring (bicyclic) bond motifs is 1. The van der Waals surface area contributed by atoms with E-state index in [1.54, 1.807) is 30.7 Å². The molecule has 0 unspecified atom stereocenters. The first-order valence-corrected chi connectivity index (χ1v) is 12.8. The monoisotopic (exact) mass is 522 g/mol. The molecule has 3 aromatic rings. The van der Waals surface area contributed by atoms with E-state index >= 15 is 0 Å². The van der Waals surface area contributed by atoms with Crippen molar-refractivity contribution in [2.45, 2.75) is 64.5 Å². The molecular formula is C27H27Cl2F3N2O. The molecule has 8 heteroatoms. The fraction of sp³-hybridized carbons (Fsp3) is 0.481. The van der Waals surface area contributed by atoms with E-state index in [2.05, 4.69) is 4.98 Å². The number of aryl methyl sites for hydroxylation is 2. The summed E-state index contributed by atoms with van der Waals surface area (Å²) in [4.78, 5) is 18.0. The molecule has 2 aromatic carbocycles. The number of halogens is 5. The van der Waals surface area contributed by atoms with Gasteiger partial charge in [-0.15, -0.1) is 0 Å². The number of nitrogens with zero attached hydrogens (tertiary/aromatic N) is 2. The summed E-state index contributed by atoms with van der Waals surface area (Å²) in [5.74, 6) is 0.546. The van der Waals surface area contributed by atoms with Crippen molar-refractivity contribution in [2.24, 2.45) is 18.4 Å². The van der Waals surface area contributed by atoms with Gasteiger partial charge in [0, 0.05) is 30.0 Å². The Morgan fingerprint density at radius 1 is 1.14 bits per heavy atom. The van der Waals surface area contributed by atoms with E-state index in [4.69, 9.17) is 23.2 Å². The Kier molecular flexibility index (Phi) is 6.20. The number of imidazole rings is 1. The van der Waals surface area contributed by atoms with Gasteiger partial charge in [-0.25, -0.2) is 4.98 Å². The van der Waals surface area contributed by atoms with Gasteiger partial charge in [0.15, 0.2) is 5.78 Å². The highest BCUT2D eigenvalue weighted by atomic mass is 35.5. The van der Waals surface area contributed by atoms with Gasteiger partial charge in [-0.2, -0.15) is 13.2 Å². The SMILES string of the molecule is Cc1cc(C(F)(F)F)cc2c1nc(Cc1c(Cl)ccc(C(=O)C3CCC4(CCC4)CC3)c1Cl)n2C. The Balaban J connectivity index is 1.45. The van der Waals surface area contributed by atoms with Gasteiger partial charge in [-0.3, -0.25) is 4.79 Å². The lowest BCUT2D eigenvalue weighted by atomic mass is 9.58. The first-order chi connectivity index (χ1) is 16.5. The lowest BCUT2D eigenvalue weighted by Gasteiger charge is -2.46. The van der Waals surface area contributed by atoms with Gasteiger partial charge in [0.25, 0.3) is 0 Å². The van der Waals surface area contributed by atoms with Crippen molar-refractivity contribution in [3.8, 4) is 0 Å². The first kappa shape index (κ1) is 24.6. The second-order valence-corrected chi connectivity index (χ2v) is 11.1. The quantitative estimate of drug-likeness (QED) is 0.322. The third kappa shape index (κ3) is 4.37. The van der Waals surface area contributed by atoms with Crippen molar-refractivity contribution < 1.29 is 18.0 Å². The normalized spacial score (nSPS) is 18.3. The maximum absolute atomic E-state index is 13.4. The smallest absolute Gasteiger partial charge is 0.331 e. The van der Waals surface area contributed by atoms with Crippen LogP contribution in [0.5, 0.6) is 0 Å². The summed E-state index contributed by atoms with van der Waals surface area (Å²) in [6, 6.07) is 5.59. The molecule has 1 spiro atoms. The molecule has 0 N–H and O–H groups in total. The number of hydrogen-bond donors (Lipinski definition) is 0. The third-order valence-corrected chi connectivity index (χ3v) is 9.00. The summed E-state index contributed by atoms with van der Waals surface area (Å²) < 4.78 is 41.6. The number of carbonyl (C=O) groups is 1. The van der Waals surface area contributed by atoms with Crippen molar-refractivity contribution in [2.75, 3.05) is 0 Å². The Hall–Kier alpha value is -2.05. The number of benzene rings is 2. The van der Waals surface area contributed by atoms with Crippen molar-refractivity contribution in [1.29, 1.82) is 0 Å². The highest BCUT2D eigenvalue weighted by Gasteiger charge is 2.41. The van der Waals surface area contributed by atoms with Crippen LogP contribution < -0.4 is 0 Å². The van der Waals surface area contributed by atoms with Gasteiger partial charge in [0.2, 0.25) is 0 Å². The van der Waals surface area contributed by atoms with E-state index in [0.717, 1.165) is 37.8 Å². The van der Waals surface area contributed by atoms with E-state index in [-0.39, 0.29) is 18.1 Å². The predicted molar refractivity (Wildman–Crippen MR) is 132 cm³/mol. The number of hydrogen-bond acceptors (Lipinski definition) is 2. The third-order valence-electron chi connectivity index (χ3n) is 8.21. The maximum atomic E-state index is 13.4. The molecule has 2 fully saturated rings. The molecule has 0 saturated heterocycles. The van der Waals surface area contributed by atoms with Crippen molar-refractivity contribution in [3.05, 3.63) is 62.4 Å². The second kappa shape index (κ2) is 8.81. The van der Waals surface area contributed by atoms with Crippen LogP contribution >= 0.6 is 23.2 Å². The summed E-state index contributed by atoms with van der Waals surface area (Å²) >= 11 is 13.2. The molecule has 0 atom stereocenters. The fourth-order valence-corrected chi connectivity index (χ4v) is 6.42. The van der Waals surface area contributed by atoms with Crippen LogP contribution in [0, 0.1) is 18.3 Å². The molecule has 35 heavy (non-hydrogen) atoms. The highest BCUT2D eigenvalue weighted by Crippen LogP contribution is 2.53. The Morgan fingerprint density at radius 2 is 1.83 bits per heavy atom. The summed E-state index contributed by atoms with van der Waals surface area (Å²) in [5, 5.41) is 0.717. The molecule has 1 aromatic heterocycles. The Morgan fingerprint density at radius 3 is 2.43 bits per heavy atom. The zero-order valence-electron chi connectivity index (χ0n) is 19.7. The van der Waals surface area contributed by atoms with E-state index in [1.807, 2.05) is 0 Å². The molecule has 0 bridgehead atoms. The lowest BCUT2D eigenvalue weighted by molar-refractivity contribution is -0.137. The number of aromatic nitrogens is 2. The molecule has 2 saturated carbocycles. The predicted octanol–water partition coefficient (Wildman–Crippen LogP) is 8.34. The zero-order valence-corrected chi connectivity index (χ0v) is 21.2. The van der Waals surface area contributed by atoms with Gasteiger partial charge in [-0.1, -0.05) is 29.6 Å². The van der Waals surface area contributed by atoms with Crippen LogP contribution in [0.4, 0.5) is 13.2 Å². The van der Waals surface area contributed by atoms with E-state index in [0.29, 0.717) is 49.0 Å². The average Bonchev–Trinajstić information content (AvgIpc) is 3.11. The number of rotatable bonds is 4. The van der Waals surface area contributed by atoms with Crippen molar-refractivity contribution in [1.82, 2.24) is 9.55 Å². The topological polar surface area (TPSA) is 34.9 Å². The molecule has 3 nitrogen and oxygen atoms in total. The molecule has 186 valence electrons. The van der Waals surface area contributed by atoms with Crippen LogP contribution in [-0.2, 0) is 19.6 Å². The number of carbonyl (C=O) groups excluding carboxylic acids is 1. The standard InChI is InChI=1S/C27H27Cl2F3N2O/c1-15-12-17(27(30,31)32)13-21-24(15)33-22(34(21)2)14-19-20(28)5-4-18(23(19)29)25(35)16-6-10-26(11-7-16)8-3-9-26/h4-5,12-13,16H,3,6-11,14H2,1-2H3. The Bertz CT molecular complexity index is 1310. The molecule has 0 radical (unpaired) electrons. The lowest BCUT2D eigenvalue weighted by Crippen LogP contribution is -2.35. The highest BCUT2D eigenvalue weighted by molar-refractivity contribution is 6.38. The van der Waals surface area contributed by atoms with E-state index in [9.17, 15) is 18.0 Å². The first-order valence-electron chi connectivity index (χ1n) is 12.0. The second-order valence-electron chi connectivity index (χ2n) is 10.3. The number of Topliss-reactive ketones (excluding diaryl/α,β-unsaturated/α-hetero) is 1. The van der Waals surface area contributed by atoms with Crippen LogP contribution in [0.2, 0.25) is 10.0 Å². The summed E-state index contributed by atoms with van der Waals surface area (Å²) in [5.41, 5.74) is 2.13. The molecule has 2 aliphatic rings. The summed E-state index contributed by atoms with van der Waals surface area (Å²) in [7, 11) is 1.68. The number of alkyl halides is 3. The molecule has 0 aliphatic heterocycles. The van der Waals surface area contributed by atoms with E-state index in [1.165, 1.54) is 19.3 Å². The van der Waals surface area contributed by atoms with E-state index < -0.39 is 11.7 Å². The van der Waals surface area contributed by atoms with Crippen molar-refractivity contribution >= 4 is 40.0 Å². The van der Waals surface area contributed by atoms with Crippen LogP contribution in [0.1, 0.15) is 77.8 Å². The molecular weight excluding hydrogens is 496 g/mol. The Labute approximate surface area is 212 Å². The van der Waals surface area contributed by atoms with Crippen molar-refractivity contribution in [3.63, 3.8) is 0 Å². The van der Waals surface area contributed by atoms with Gasteiger partial charge < -0.3 is 4.57 Å². The van der Waals surface area contributed by atoms with Crippen LogP contribution in [0.25, 0.3) is 11.0 Å². The zero-order chi connectivity index (χ0) is 25.1. The van der Waals surface area contributed by atoms with Crippen LogP contribution in [0.15, 0.2) is 24.3 Å². The largest absolute Gasteiger partial charge is 0.416 e. The molecule has 5 rings (SSSR count). The minimum atomic E-state index is -4.44. The van der Waals surface area contributed by atoms with Gasteiger partial charge in [-0.05, 0) is 86.3 Å². The van der Waals surface area contributed by atoms with Crippen LogP contribution in [0.3, 0.4) is 0 Å². The average molecular weight is 523 g/mol. The van der Waals surface area contributed by atoms with Gasteiger partial charge in [0.1, 0.15) is 5.82 Å². The molecule has 2 aliphatic carbocycles. The maximum Gasteiger partial charge on any atom is 0.416 e. The van der Waals surface area contributed by atoms with Crippen LogP contribution in [-0.4, -0.2) is 15.3 Å². The minimum absolute atomic E-state index is 0.0352. The van der Waals surface area contributed by atoms with Gasteiger partial charge >= 0.3 is 6.18 Å². The van der Waals surface area contributed by atoms with Gasteiger partial charge in [0.05, 0.1) is 21.6 Å². The minimum Gasteiger partial charge on any atom is -0.331 e. The molecule has 1 heterocycles. The summed E-state index contributed by atoms with van der Waals surface area (Å²) in [6.45, 7) is 1.62. The fourth-order valence-electron chi connectivity index (χ4n) is 5.82. The molecule has 0 amide bonds. The number of ketones is 1.